The first-order valence-corrected chi connectivity index (χ1v) is 12.9. The summed E-state index contributed by atoms with van der Waals surface area (Å²) in [7, 11) is 0. The van der Waals surface area contributed by atoms with Gasteiger partial charge in [0.1, 0.15) is 5.78 Å². The molecule has 0 aromatic heterocycles. The Morgan fingerprint density at radius 3 is 2.53 bits per heavy atom. The largest absolute Gasteiger partial charge is 0.352 e. The summed E-state index contributed by atoms with van der Waals surface area (Å²) >= 11 is 0. The summed E-state index contributed by atoms with van der Waals surface area (Å²) in [5.74, 6) is 1.96. The second-order valence-electron chi connectivity index (χ2n) is 10.1. The highest BCUT2D eigenvalue weighted by Crippen LogP contribution is 2.41. The fourth-order valence-corrected chi connectivity index (χ4v) is 5.66. The average molecular weight is 456 g/mol. The van der Waals surface area contributed by atoms with Crippen molar-refractivity contribution in [3.05, 3.63) is 83.4 Å². The zero-order chi connectivity index (χ0) is 23.9. The van der Waals surface area contributed by atoms with Crippen LogP contribution in [0.3, 0.4) is 0 Å². The first-order chi connectivity index (χ1) is 16.5. The number of amides is 1. The molecule has 1 aliphatic rings. The summed E-state index contributed by atoms with van der Waals surface area (Å²) in [6, 6.07) is 23.6. The van der Waals surface area contributed by atoms with Crippen LogP contribution >= 0.6 is 0 Å². The number of benzene rings is 3. The normalized spacial score (nSPS) is 19.0. The van der Waals surface area contributed by atoms with E-state index in [-0.39, 0.29) is 11.7 Å². The van der Waals surface area contributed by atoms with E-state index in [0.29, 0.717) is 36.8 Å². The lowest BCUT2D eigenvalue weighted by atomic mass is 9.74. The van der Waals surface area contributed by atoms with Gasteiger partial charge in [0.15, 0.2) is 0 Å². The van der Waals surface area contributed by atoms with Crippen molar-refractivity contribution in [1.82, 2.24) is 5.32 Å². The van der Waals surface area contributed by atoms with E-state index >= 15 is 0 Å². The minimum atomic E-state index is -0.0551. The van der Waals surface area contributed by atoms with Crippen molar-refractivity contribution in [3.63, 3.8) is 0 Å². The van der Waals surface area contributed by atoms with E-state index in [1.807, 2.05) is 12.1 Å². The molecule has 0 saturated heterocycles. The number of hydrogen-bond acceptors (Lipinski definition) is 2. The van der Waals surface area contributed by atoms with Crippen LogP contribution in [0.1, 0.15) is 92.1 Å². The van der Waals surface area contributed by atoms with E-state index in [0.717, 1.165) is 5.92 Å². The van der Waals surface area contributed by atoms with Gasteiger partial charge >= 0.3 is 0 Å². The van der Waals surface area contributed by atoms with E-state index < -0.39 is 0 Å². The highest BCUT2D eigenvalue weighted by molar-refractivity contribution is 5.94. The summed E-state index contributed by atoms with van der Waals surface area (Å²) in [5, 5.41) is 5.64. The zero-order valence-corrected chi connectivity index (χ0v) is 20.6. The van der Waals surface area contributed by atoms with Crippen LogP contribution in [0.2, 0.25) is 0 Å². The van der Waals surface area contributed by atoms with Crippen LogP contribution < -0.4 is 5.32 Å². The Morgan fingerprint density at radius 2 is 1.74 bits per heavy atom. The van der Waals surface area contributed by atoms with Crippen LogP contribution in [0.5, 0.6) is 0 Å². The van der Waals surface area contributed by atoms with Crippen LogP contribution in [0.4, 0.5) is 0 Å². The maximum absolute atomic E-state index is 12.4. The highest BCUT2D eigenvalue weighted by atomic mass is 16.1. The van der Waals surface area contributed by atoms with Crippen molar-refractivity contribution < 1.29 is 9.59 Å². The molecule has 1 fully saturated rings. The minimum absolute atomic E-state index is 0.0551. The van der Waals surface area contributed by atoms with Gasteiger partial charge in [0.25, 0.3) is 5.91 Å². The quantitative estimate of drug-likeness (QED) is 0.342. The van der Waals surface area contributed by atoms with Gasteiger partial charge in [0.05, 0.1) is 0 Å². The van der Waals surface area contributed by atoms with Crippen LogP contribution in [-0.2, 0) is 4.79 Å². The third-order valence-corrected chi connectivity index (χ3v) is 7.46. The maximum Gasteiger partial charge on any atom is 0.251 e. The fourth-order valence-electron chi connectivity index (χ4n) is 5.66. The second-order valence-corrected chi connectivity index (χ2v) is 10.1. The molecule has 0 radical (unpaired) electrons. The molecular formula is C31H37NO2. The molecule has 0 aliphatic heterocycles. The predicted molar refractivity (Wildman–Crippen MR) is 140 cm³/mol. The molecule has 2 unspecified atom stereocenters. The number of nitrogens with one attached hydrogen (secondary N) is 1. The summed E-state index contributed by atoms with van der Waals surface area (Å²) < 4.78 is 0. The van der Waals surface area contributed by atoms with Gasteiger partial charge < -0.3 is 10.1 Å². The van der Waals surface area contributed by atoms with Crippen molar-refractivity contribution in [3.8, 4) is 0 Å². The molecule has 0 bridgehead atoms. The van der Waals surface area contributed by atoms with Gasteiger partial charge in [-0.05, 0) is 84.4 Å². The van der Waals surface area contributed by atoms with Crippen LogP contribution in [0, 0.1) is 5.92 Å². The second kappa shape index (κ2) is 11.5. The fraction of sp³-hybridized carbons (Fsp3) is 0.419. The third-order valence-electron chi connectivity index (χ3n) is 7.46. The lowest BCUT2D eigenvalue weighted by Gasteiger charge is -2.31. The molecule has 1 saturated carbocycles. The molecule has 3 heteroatoms. The van der Waals surface area contributed by atoms with Gasteiger partial charge in [-0.3, -0.25) is 4.79 Å². The number of fused-ring (bicyclic) bond motifs is 1. The van der Waals surface area contributed by atoms with Gasteiger partial charge in [-0.1, -0.05) is 74.4 Å². The number of carbonyl (C=O) groups excluding carboxylic acids is 2. The topological polar surface area (TPSA) is 46.2 Å². The van der Waals surface area contributed by atoms with Crippen LogP contribution in [0.15, 0.2) is 66.7 Å². The molecule has 1 N–H and O–H groups in total. The maximum atomic E-state index is 12.4. The summed E-state index contributed by atoms with van der Waals surface area (Å²) in [4.78, 5) is 23.4. The molecule has 0 heterocycles. The highest BCUT2D eigenvalue weighted by Gasteiger charge is 2.25. The van der Waals surface area contributed by atoms with Crippen molar-refractivity contribution in [2.45, 2.75) is 70.6 Å². The van der Waals surface area contributed by atoms with E-state index in [9.17, 15) is 9.59 Å². The smallest absolute Gasteiger partial charge is 0.251 e. The van der Waals surface area contributed by atoms with Crippen molar-refractivity contribution in [2.75, 3.05) is 6.54 Å². The Balaban J connectivity index is 1.34. The van der Waals surface area contributed by atoms with Gasteiger partial charge in [-0.2, -0.15) is 0 Å². The SMILES string of the molecule is CC(=O)CCCNC(=O)c1ccc(C2CCCC(C[C@H](C)c3cccc4ccccc34)C2)cc1. The predicted octanol–water partition coefficient (Wildman–Crippen LogP) is 7.41. The van der Waals surface area contributed by atoms with Crippen molar-refractivity contribution in [1.29, 1.82) is 0 Å². The molecule has 3 aromatic rings. The van der Waals surface area contributed by atoms with Gasteiger partial charge in [0.2, 0.25) is 0 Å². The monoisotopic (exact) mass is 455 g/mol. The van der Waals surface area contributed by atoms with Gasteiger partial charge in [-0.25, -0.2) is 0 Å². The lowest BCUT2D eigenvalue weighted by molar-refractivity contribution is -0.117. The molecule has 3 atom stereocenters. The number of rotatable bonds is 9. The molecule has 3 aromatic carbocycles. The first-order valence-electron chi connectivity index (χ1n) is 12.9. The molecule has 0 spiro atoms. The zero-order valence-electron chi connectivity index (χ0n) is 20.6. The molecule has 178 valence electrons. The number of hydrogen-bond donors (Lipinski definition) is 1. The standard InChI is InChI=1S/C31H37NO2/c1-22(29-14-6-11-26-10-3-4-13-30(26)29)20-24-9-5-12-28(21-24)25-15-17-27(18-16-25)31(34)32-19-7-8-23(2)33/h3-4,6,10-11,13-18,22,24,28H,5,7-9,12,19-21H2,1-2H3,(H,32,34)/t22-,24?,28?/m0/s1. The summed E-state index contributed by atoms with van der Waals surface area (Å²) in [5.41, 5.74) is 3.53. The minimum Gasteiger partial charge on any atom is -0.352 e. The Hall–Kier alpha value is -2.94. The van der Waals surface area contributed by atoms with E-state index in [1.54, 1.807) is 6.92 Å². The summed E-state index contributed by atoms with van der Waals surface area (Å²) in [6.07, 6.45) is 7.48. The number of Topliss-reactive ketones (excluding diaryl/α,β-unsaturated/α-hetero) is 1. The number of carbonyl (C=O) groups is 2. The van der Waals surface area contributed by atoms with Crippen LogP contribution in [-0.4, -0.2) is 18.2 Å². The summed E-state index contributed by atoms with van der Waals surface area (Å²) in [6.45, 7) is 4.51. The molecule has 34 heavy (non-hydrogen) atoms. The van der Waals surface area contributed by atoms with Crippen molar-refractivity contribution >= 4 is 22.5 Å². The van der Waals surface area contributed by atoms with Gasteiger partial charge in [0, 0.05) is 18.5 Å². The van der Waals surface area contributed by atoms with E-state index in [1.165, 1.54) is 54.0 Å². The lowest BCUT2D eigenvalue weighted by Crippen LogP contribution is -2.24. The Bertz CT molecular complexity index is 1110. The molecule has 1 aliphatic carbocycles. The Kier molecular flexibility index (Phi) is 8.16. The Labute approximate surface area is 204 Å². The van der Waals surface area contributed by atoms with E-state index in [4.69, 9.17) is 0 Å². The molecule has 3 nitrogen and oxygen atoms in total. The molecular weight excluding hydrogens is 418 g/mol. The Morgan fingerprint density at radius 1 is 0.971 bits per heavy atom. The van der Waals surface area contributed by atoms with Crippen molar-refractivity contribution in [2.24, 2.45) is 5.92 Å². The van der Waals surface area contributed by atoms with Gasteiger partial charge in [-0.15, -0.1) is 0 Å². The third kappa shape index (κ3) is 6.14. The molecule has 1 amide bonds. The molecule has 4 rings (SSSR count). The average Bonchev–Trinajstić information content (AvgIpc) is 2.86. The van der Waals surface area contributed by atoms with E-state index in [2.05, 4.69) is 66.8 Å². The van der Waals surface area contributed by atoms with Crippen LogP contribution in [0.25, 0.3) is 10.8 Å². The first kappa shape index (κ1) is 24.2. The number of ketones is 1.